The van der Waals surface area contributed by atoms with Gasteiger partial charge >= 0.3 is 0 Å². The smallest absolute Gasteiger partial charge is 0.256 e. The first kappa shape index (κ1) is 17.7. The lowest BCUT2D eigenvalue weighted by molar-refractivity contribution is -0.132. The van der Waals surface area contributed by atoms with Gasteiger partial charge in [0.05, 0.1) is 0 Å². The summed E-state index contributed by atoms with van der Waals surface area (Å²) in [6, 6.07) is 6.75. The minimum absolute atomic E-state index is 0.197. The molecule has 1 aromatic carbocycles. The largest absolute Gasteiger partial charge is 0.298 e. The van der Waals surface area contributed by atoms with Crippen molar-refractivity contribution in [1.29, 1.82) is 0 Å². The second-order valence-electron chi connectivity index (χ2n) is 8.62. The predicted molar refractivity (Wildman–Crippen MR) is 100 cm³/mol. The molecular formula is C21H28FN3O. The maximum atomic E-state index is 13.3. The van der Waals surface area contributed by atoms with Crippen LogP contribution in [-0.4, -0.2) is 46.7 Å². The van der Waals surface area contributed by atoms with E-state index in [0.29, 0.717) is 17.8 Å². The van der Waals surface area contributed by atoms with E-state index in [4.69, 9.17) is 4.99 Å². The topological polar surface area (TPSA) is 35.9 Å². The van der Waals surface area contributed by atoms with Gasteiger partial charge in [0.1, 0.15) is 17.2 Å². The van der Waals surface area contributed by atoms with Crippen molar-refractivity contribution < 1.29 is 9.18 Å². The Morgan fingerprint density at radius 3 is 2.69 bits per heavy atom. The van der Waals surface area contributed by atoms with Gasteiger partial charge in [-0.15, -0.1) is 0 Å². The van der Waals surface area contributed by atoms with E-state index in [0.717, 1.165) is 50.4 Å². The van der Waals surface area contributed by atoms with Gasteiger partial charge in [-0.3, -0.25) is 19.6 Å². The molecule has 1 amide bonds. The molecule has 1 saturated carbocycles. The second-order valence-corrected chi connectivity index (χ2v) is 8.62. The SMILES string of the molecule is CC1=N[C@@]2(CC[C@@H]3CN(Cc4ccc(F)cc4)C[C@@H]32)C(=O)N1CC(C)C. The van der Waals surface area contributed by atoms with Crippen LogP contribution in [0.2, 0.25) is 0 Å². The van der Waals surface area contributed by atoms with Crippen LogP contribution in [0.4, 0.5) is 4.39 Å². The number of hydrogen-bond donors (Lipinski definition) is 0. The molecule has 4 nitrogen and oxygen atoms in total. The van der Waals surface area contributed by atoms with Crippen molar-refractivity contribution >= 4 is 11.7 Å². The molecule has 1 aliphatic carbocycles. The van der Waals surface area contributed by atoms with E-state index in [-0.39, 0.29) is 11.7 Å². The lowest BCUT2D eigenvalue weighted by Crippen LogP contribution is -2.47. The second kappa shape index (κ2) is 6.45. The fraction of sp³-hybridized carbons (Fsp3) is 0.619. The van der Waals surface area contributed by atoms with Crippen molar-refractivity contribution in [3.05, 3.63) is 35.6 Å². The highest BCUT2D eigenvalue weighted by atomic mass is 19.1. The van der Waals surface area contributed by atoms with Crippen LogP contribution < -0.4 is 0 Å². The normalized spacial score (nSPS) is 31.3. The standard InChI is InChI=1S/C21H28FN3O/c1-14(2)10-25-15(3)23-21(20(25)26)9-8-17-12-24(13-19(17)21)11-16-4-6-18(22)7-5-16/h4-7,14,17,19H,8-13H2,1-3H3/t17-,19+,21-/m1/s1. The number of nitrogens with zero attached hydrogens (tertiary/aromatic N) is 3. The zero-order valence-electron chi connectivity index (χ0n) is 15.9. The molecule has 0 aromatic heterocycles. The first-order valence-corrected chi connectivity index (χ1v) is 9.74. The molecular weight excluding hydrogens is 329 g/mol. The van der Waals surface area contributed by atoms with Gasteiger partial charge < -0.3 is 0 Å². The van der Waals surface area contributed by atoms with Crippen molar-refractivity contribution in [2.75, 3.05) is 19.6 Å². The Bertz CT molecular complexity index is 729. The molecule has 1 saturated heterocycles. The van der Waals surface area contributed by atoms with Crippen LogP contribution in [0.5, 0.6) is 0 Å². The van der Waals surface area contributed by atoms with Gasteiger partial charge in [-0.1, -0.05) is 26.0 Å². The minimum Gasteiger partial charge on any atom is -0.298 e. The quantitative estimate of drug-likeness (QED) is 0.829. The van der Waals surface area contributed by atoms with Crippen LogP contribution in [-0.2, 0) is 11.3 Å². The van der Waals surface area contributed by atoms with Gasteiger partial charge in [0.2, 0.25) is 0 Å². The van der Waals surface area contributed by atoms with Crippen LogP contribution in [0.1, 0.15) is 39.2 Å². The molecule has 4 rings (SSSR count). The Labute approximate surface area is 155 Å². The average Bonchev–Trinajstić information content (AvgIpc) is 3.20. The summed E-state index contributed by atoms with van der Waals surface area (Å²) < 4.78 is 13.1. The van der Waals surface area contributed by atoms with Gasteiger partial charge in [-0.2, -0.15) is 0 Å². The van der Waals surface area contributed by atoms with Crippen molar-refractivity contribution in [3.63, 3.8) is 0 Å². The number of amidine groups is 1. The monoisotopic (exact) mass is 357 g/mol. The van der Waals surface area contributed by atoms with Crippen LogP contribution >= 0.6 is 0 Å². The highest BCUT2D eigenvalue weighted by Gasteiger charge is 2.60. The number of carbonyl (C=O) groups is 1. The first-order chi connectivity index (χ1) is 12.4. The van der Waals surface area contributed by atoms with E-state index in [1.807, 2.05) is 24.0 Å². The molecule has 2 fully saturated rings. The summed E-state index contributed by atoms with van der Waals surface area (Å²) in [5.41, 5.74) is 0.598. The first-order valence-electron chi connectivity index (χ1n) is 9.74. The van der Waals surface area contributed by atoms with Gasteiger partial charge in [0, 0.05) is 32.1 Å². The Morgan fingerprint density at radius 1 is 1.27 bits per heavy atom. The number of carbonyl (C=O) groups excluding carboxylic acids is 1. The highest BCUT2D eigenvalue weighted by Crippen LogP contribution is 2.50. The summed E-state index contributed by atoms with van der Waals surface area (Å²) >= 11 is 0. The number of hydrogen-bond acceptors (Lipinski definition) is 3. The van der Waals surface area contributed by atoms with Gasteiger partial charge in [0.25, 0.3) is 5.91 Å². The van der Waals surface area contributed by atoms with Crippen molar-refractivity contribution in [1.82, 2.24) is 9.80 Å². The minimum atomic E-state index is -0.527. The summed E-state index contributed by atoms with van der Waals surface area (Å²) in [6.45, 7) is 9.75. The molecule has 2 aliphatic heterocycles. The number of fused-ring (bicyclic) bond motifs is 2. The number of amides is 1. The third-order valence-corrected chi connectivity index (χ3v) is 6.26. The van der Waals surface area contributed by atoms with Crippen LogP contribution in [0.3, 0.4) is 0 Å². The summed E-state index contributed by atoms with van der Waals surface area (Å²) in [7, 11) is 0. The summed E-state index contributed by atoms with van der Waals surface area (Å²) in [5, 5.41) is 0. The summed E-state index contributed by atoms with van der Waals surface area (Å²) in [6.07, 6.45) is 1.96. The van der Waals surface area contributed by atoms with E-state index in [1.54, 1.807) is 0 Å². The Balaban J connectivity index is 1.50. The number of halogens is 1. The van der Waals surface area contributed by atoms with E-state index >= 15 is 0 Å². The number of benzene rings is 1. The number of likely N-dealkylation sites (tertiary alicyclic amines) is 1. The van der Waals surface area contributed by atoms with Crippen LogP contribution in [0.25, 0.3) is 0 Å². The lowest BCUT2D eigenvalue weighted by Gasteiger charge is -2.29. The van der Waals surface area contributed by atoms with E-state index in [1.165, 1.54) is 12.1 Å². The highest BCUT2D eigenvalue weighted by molar-refractivity contribution is 6.07. The number of aliphatic imine (C=N–C) groups is 1. The van der Waals surface area contributed by atoms with Gasteiger partial charge in [-0.05, 0) is 49.3 Å². The maximum Gasteiger partial charge on any atom is 0.256 e. The number of rotatable bonds is 4. The molecule has 26 heavy (non-hydrogen) atoms. The van der Waals surface area contributed by atoms with Crippen molar-refractivity contribution in [2.45, 2.75) is 45.7 Å². The van der Waals surface area contributed by atoms with E-state index in [2.05, 4.69) is 18.7 Å². The van der Waals surface area contributed by atoms with Crippen LogP contribution in [0, 0.1) is 23.6 Å². The van der Waals surface area contributed by atoms with Crippen molar-refractivity contribution in [3.8, 4) is 0 Å². The Morgan fingerprint density at radius 2 is 2.00 bits per heavy atom. The maximum absolute atomic E-state index is 13.3. The summed E-state index contributed by atoms with van der Waals surface area (Å²) in [4.78, 5) is 22.5. The molecule has 0 N–H and O–H groups in total. The van der Waals surface area contributed by atoms with Crippen LogP contribution in [0.15, 0.2) is 29.3 Å². The fourth-order valence-corrected chi connectivity index (χ4v) is 5.12. The Hall–Kier alpha value is -1.75. The van der Waals surface area contributed by atoms with E-state index in [9.17, 15) is 9.18 Å². The molecule has 140 valence electrons. The third kappa shape index (κ3) is 2.86. The average molecular weight is 357 g/mol. The fourth-order valence-electron chi connectivity index (χ4n) is 5.12. The molecule has 5 heteroatoms. The lowest BCUT2D eigenvalue weighted by atomic mass is 9.84. The molecule has 2 heterocycles. The zero-order valence-corrected chi connectivity index (χ0v) is 15.9. The van der Waals surface area contributed by atoms with Gasteiger partial charge in [0.15, 0.2) is 0 Å². The Kier molecular flexibility index (Phi) is 4.38. The molecule has 3 aliphatic rings. The third-order valence-electron chi connectivity index (χ3n) is 6.26. The summed E-state index contributed by atoms with van der Waals surface area (Å²) in [5.74, 6) is 2.20. The predicted octanol–water partition coefficient (Wildman–Crippen LogP) is 3.32. The molecule has 0 unspecified atom stereocenters. The molecule has 0 bridgehead atoms. The molecule has 0 radical (unpaired) electrons. The molecule has 3 atom stereocenters. The van der Waals surface area contributed by atoms with Gasteiger partial charge in [-0.25, -0.2) is 4.39 Å². The van der Waals surface area contributed by atoms with Crippen molar-refractivity contribution in [2.24, 2.45) is 22.7 Å². The zero-order chi connectivity index (χ0) is 18.5. The van der Waals surface area contributed by atoms with E-state index < -0.39 is 5.54 Å². The molecule has 1 aromatic rings. The molecule has 1 spiro atoms.